The summed E-state index contributed by atoms with van der Waals surface area (Å²) in [5, 5.41) is 0.502. The lowest BCUT2D eigenvalue weighted by atomic mass is 10.1. The van der Waals surface area contributed by atoms with Crippen molar-refractivity contribution in [2.75, 3.05) is 18.1 Å². The quantitative estimate of drug-likeness (QED) is 0.438. The first-order valence-electron chi connectivity index (χ1n) is 10.4. The summed E-state index contributed by atoms with van der Waals surface area (Å²) in [6, 6.07) is 12.8. The maximum absolute atomic E-state index is 12.6. The fraction of sp³-hybridized carbons (Fsp3) is 0.333. The maximum atomic E-state index is 12.6. The molecule has 2 atom stereocenters. The molecule has 1 aliphatic heterocycles. The van der Waals surface area contributed by atoms with Gasteiger partial charge in [0.2, 0.25) is 11.7 Å². The van der Waals surface area contributed by atoms with Gasteiger partial charge in [0.25, 0.3) is 0 Å². The van der Waals surface area contributed by atoms with Gasteiger partial charge in [-0.05, 0) is 61.9 Å². The molecule has 0 aliphatic carbocycles. The van der Waals surface area contributed by atoms with E-state index in [1.807, 2.05) is 6.92 Å². The van der Waals surface area contributed by atoms with Gasteiger partial charge in [-0.25, -0.2) is 4.79 Å². The van der Waals surface area contributed by atoms with Crippen molar-refractivity contribution in [1.82, 2.24) is 0 Å². The van der Waals surface area contributed by atoms with Crippen molar-refractivity contribution in [2.45, 2.75) is 32.8 Å². The number of esters is 2. The molecule has 0 N–H and O–H groups in total. The summed E-state index contributed by atoms with van der Waals surface area (Å²) in [5.41, 5.74) is 1.35. The normalized spacial score (nSPS) is 16.5. The molecule has 1 saturated heterocycles. The van der Waals surface area contributed by atoms with Crippen LogP contribution in [-0.2, 0) is 19.1 Å². The summed E-state index contributed by atoms with van der Waals surface area (Å²) in [4.78, 5) is 50.9. The van der Waals surface area contributed by atoms with E-state index in [1.54, 1.807) is 48.5 Å². The number of amides is 1. The predicted molar refractivity (Wildman–Crippen MR) is 119 cm³/mol. The maximum Gasteiger partial charge on any atom is 0.338 e. The van der Waals surface area contributed by atoms with E-state index in [9.17, 15) is 19.2 Å². The molecule has 8 heteroatoms. The van der Waals surface area contributed by atoms with Gasteiger partial charge < -0.3 is 14.4 Å². The lowest BCUT2D eigenvalue weighted by molar-refractivity contribution is -0.151. The minimum Gasteiger partial charge on any atom is -0.462 e. The second-order valence-electron chi connectivity index (χ2n) is 7.54. The van der Waals surface area contributed by atoms with Crippen LogP contribution in [0.1, 0.15) is 47.4 Å². The lowest BCUT2D eigenvalue weighted by Crippen LogP contribution is -2.30. The summed E-state index contributed by atoms with van der Waals surface area (Å²) >= 11 is 5.83. The lowest BCUT2D eigenvalue weighted by Gasteiger charge is -2.18. The van der Waals surface area contributed by atoms with Gasteiger partial charge in [-0.2, -0.15) is 0 Å². The third kappa shape index (κ3) is 5.53. The number of halogens is 1. The molecule has 0 unspecified atom stereocenters. The van der Waals surface area contributed by atoms with Crippen LogP contribution in [0.4, 0.5) is 5.69 Å². The number of benzene rings is 2. The number of carbonyl (C=O) groups is 4. The molecule has 0 spiro atoms. The number of ether oxygens (including phenoxy) is 2. The smallest absolute Gasteiger partial charge is 0.338 e. The Kier molecular flexibility index (Phi) is 7.64. The first kappa shape index (κ1) is 23.5. The molecule has 0 saturated carbocycles. The molecule has 1 fully saturated rings. The highest BCUT2D eigenvalue weighted by molar-refractivity contribution is 6.30. The third-order valence-electron chi connectivity index (χ3n) is 5.10. The van der Waals surface area contributed by atoms with Crippen molar-refractivity contribution >= 4 is 40.9 Å². The summed E-state index contributed by atoms with van der Waals surface area (Å²) in [5.74, 6) is -2.29. The van der Waals surface area contributed by atoms with E-state index in [-0.39, 0.29) is 24.7 Å². The molecule has 0 bridgehead atoms. The van der Waals surface area contributed by atoms with Gasteiger partial charge in [0.05, 0.1) is 18.1 Å². The van der Waals surface area contributed by atoms with Gasteiger partial charge in [-0.15, -0.1) is 0 Å². The van der Waals surface area contributed by atoms with Crippen LogP contribution in [0.2, 0.25) is 5.02 Å². The van der Waals surface area contributed by atoms with Gasteiger partial charge in [0.15, 0.2) is 6.10 Å². The molecule has 1 amide bonds. The summed E-state index contributed by atoms with van der Waals surface area (Å²) in [6.45, 7) is 3.89. The second-order valence-corrected chi connectivity index (χ2v) is 7.97. The first-order valence-corrected chi connectivity index (χ1v) is 10.8. The van der Waals surface area contributed by atoms with Crippen LogP contribution in [0.3, 0.4) is 0 Å². The number of hydrogen-bond acceptors (Lipinski definition) is 6. The number of anilines is 1. The molecular formula is C24H24ClNO6. The van der Waals surface area contributed by atoms with Crippen molar-refractivity contribution in [3.63, 3.8) is 0 Å². The Bertz CT molecular complexity index is 1000. The number of ketones is 1. The van der Waals surface area contributed by atoms with Crippen LogP contribution < -0.4 is 4.90 Å². The third-order valence-corrected chi connectivity index (χ3v) is 5.35. The zero-order valence-corrected chi connectivity index (χ0v) is 18.6. The van der Waals surface area contributed by atoms with Gasteiger partial charge in [-0.3, -0.25) is 14.4 Å². The molecule has 168 valence electrons. The first-order chi connectivity index (χ1) is 15.3. The fourth-order valence-electron chi connectivity index (χ4n) is 3.34. The van der Waals surface area contributed by atoms with Crippen LogP contribution in [-0.4, -0.2) is 42.9 Å². The SMILES string of the molecule is CCCOC(=O)c1ccc(N2C[C@@H](C(=O)O[C@H](C)C(=O)c3ccc(Cl)cc3)CC2=O)cc1. The van der Waals surface area contributed by atoms with Crippen LogP contribution in [0, 0.1) is 5.92 Å². The molecule has 3 rings (SSSR count). The molecule has 2 aromatic carbocycles. The Balaban J connectivity index is 1.59. The molecule has 0 aromatic heterocycles. The monoisotopic (exact) mass is 457 g/mol. The Morgan fingerprint density at radius 3 is 2.31 bits per heavy atom. The summed E-state index contributed by atoms with van der Waals surface area (Å²) in [6.07, 6.45) is -0.268. The number of hydrogen-bond donors (Lipinski definition) is 0. The zero-order valence-electron chi connectivity index (χ0n) is 17.9. The molecule has 1 heterocycles. The van der Waals surface area contributed by atoms with E-state index in [4.69, 9.17) is 21.1 Å². The van der Waals surface area contributed by atoms with Gasteiger partial charge in [0.1, 0.15) is 0 Å². The average Bonchev–Trinajstić information content (AvgIpc) is 3.19. The topological polar surface area (TPSA) is 90.0 Å². The minimum absolute atomic E-state index is 0.0129. The van der Waals surface area contributed by atoms with E-state index in [2.05, 4.69) is 0 Å². The Hall–Kier alpha value is -3.19. The van der Waals surface area contributed by atoms with Crippen molar-refractivity contribution in [3.8, 4) is 0 Å². The Morgan fingerprint density at radius 1 is 1.06 bits per heavy atom. The molecule has 2 aromatic rings. The Morgan fingerprint density at radius 2 is 1.69 bits per heavy atom. The highest BCUT2D eigenvalue weighted by Crippen LogP contribution is 2.27. The van der Waals surface area contributed by atoms with Crippen LogP contribution in [0.5, 0.6) is 0 Å². The predicted octanol–water partition coefficient (Wildman–Crippen LogP) is 4.07. The average molecular weight is 458 g/mol. The standard InChI is InChI=1S/C24H24ClNO6/c1-3-12-31-23(29)17-6-10-20(11-7-17)26-14-18(13-21(26)27)24(30)32-15(2)22(28)16-4-8-19(25)9-5-16/h4-11,15,18H,3,12-14H2,1-2H3/t15-,18+/m1/s1. The molecular weight excluding hydrogens is 434 g/mol. The second kappa shape index (κ2) is 10.4. The molecule has 32 heavy (non-hydrogen) atoms. The van der Waals surface area contributed by atoms with E-state index < -0.39 is 24.0 Å². The van der Waals surface area contributed by atoms with Crippen LogP contribution in [0.15, 0.2) is 48.5 Å². The summed E-state index contributed by atoms with van der Waals surface area (Å²) < 4.78 is 10.4. The van der Waals surface area contributed by atoms with Crippen molar-refractivity contribution < 1.29 is 28.7 Å². The van der Waals surface area contributed by atoms with Crippen LogP contribution in [0.25, 0.3) is 0 Å². The number of rotatable bonds is 8. The number of Topliss-reactive ketones (excluding diaryl/α,β-unsaturated/α-hetero) is 1. The zero-order chi connectivity index (χ0) is 23.3. The van der Waals surface area contributed by atoms with E-state index >= 15 is 0 Å². The van der Waals surface area contributed by atoms with Gasteiger partial charge >= 0.3 is 11.9 Å². The minimum atomic E-state index is -0.985. The Labute approximate surface area is 191 Å². The summed E-state index contributed by atoms with van der Waals surface area (Å²) in [7, 11) is 0. The fourth-order valence-corrected chi connectivity index (χ4v) is 3.47. The van der Waals surface area contributed by atoms with Crippen LogP contribution >= 0.6 is 11.6 Å². The van der Waals surface area contributed by atoms with Gasteiger partial charge in [0, 0.05) is 29.2 Å². The van der Waals surface area contributed by atoms with Crippen molar-refractivity contribution in [2.24, 2.45) is 5.92 Å². The van der Waals surface area contributed by atoms with Crippen molar-refractivity contribution in [1.29, 1.82) is 0 Å². The highest BCUT2D eigenvalue weighted by atomic mass is 35.5. The number of carbonyl (C=O) groups excluding carboxylic acids is 4. The van der Waals surface area contributed by atoms with Gasteiger partial charge in [-0.1, -0.05) is 18.5 Å². The van der Waals surface area contributed by atoms with E-state index in [0.717, 1.165) is 6.42 Å². The molecule has 1 aliphatic rings. The van der Waals surface area contributed by atoms with Crippen molar-refractivity contribution in [3.05, 3.63) is 64.7 Å². The molecule has 7 nitrogen and oxygen atoms in total. The largest absolute Gasteiger partial charge is 0.462 e. The van der Waals surface area contributed by atoms with E-state index in [0.29, 0.717) is 28.4 Å². The molecule has 0 radical (unpaired) electrons. The van der Waals surface area contributed by atoms with E-state index in [1.165, 1.54) is 11.8 Å². The highest BCUT2D eigenvalue weighted by Gasteiger charge is 2.37. The number of nitrogens with zero attached hydrogens (tertiary/aromatic N) is 1.